The lowest BCUT2D eigenvalue weighted by atomic mass is 9.98. The molecule has 1 aliphatic heterocycles. The molecule has 13 nitrogen and oxygen atoms in total. The van der Waals surface area contributed by atoms with Crippen molar-refractivity contribution in [3.63, 3.8) is 0 Å². The van der Waals surface area contributed by atoms with Crippen LogP contribution in [0, 0.1) is 19.3 Å². The summed E-state index contributed by atoms with van der Waals surface area (Å²) in [5.74, 6) is -1.44. The molecule has 4 aromatic heterocycles. The molecule has 6 rings (SSSR count). The summed E-state index contributed by atoms with van der Waals surface area (Å²) in [6.45, 7) is 12.0. The number of fused-ring (bicyclic) bond motifs is 2. The Bertz CT molecular complexity index is 2170. The van der Waals surface area contributed by atoms with Gasteiger partial charge < -0.3 is 15.5 Å². The lowest BCUT2D eigenvalue weighted by Crippen LogP contribution is -2.47. The van der Waals surface area contributed by atoms with E-state index in [1.165, 1.54) is 29.5 Å². The quantitative estimate of drug-likeness (QED) is 0.0988. The average molecular weight is 744 g/mol. The van der Waals surface area contributed by atoms with Gasteiger partial charge in [-0.25, -0.2) is 15.0 Å². The molecule has 2 N–H and O–H groups in total. The molecular formula is C38H40F3N9O4. The number of nitrogens with zero attached hydrogens (tertiary/aromatic N) is 7. The number of amides is 3. The molecule has 54 heavy (non-hydrogen) atoms. The maximum atomic E-state index is 14.4. The van der Waals surface area contributed by atoms with Gasteiger partial charge in [0.25, 0.3) is 0 Å². The van der Waals surface area contributed by atoms with Crippen molar-refractivity contribution in [2.45, 2.75) is 84.1 Å². The van der Waals surface area contributed by atoms with Crippen LogP contribution in [0.3, 0.4) is 0 Å². The normalized spacial score (nSPS) is 19.0. The molecule has 0 unspecified atom stereocenters. The van der Waals surface area contributed by atoms with Gasteiger partial charge in [0, 0.05) is 61.1 Å². The molecular weight excluding hydrogens is 703 g/mol. The second-order valence-electron chi connectivity index (χ2n) is 13.8. The molecule has 0 radical (unpaired) electrons. The number of rotatable bonds is 14. The molecule has 2 aliphatic rings. The first-order chi connectivity index (χ1) is 25.7. The van der Waals surface area contributed by atoms with E-state index in [1.807, 2.05) is 0 Å². The summed E-state index contributed by atoms with van der Waals surface area (Å²) in [6.07, 6.45) is 4.37. The van der Waals surface area contributed by atoms with Gasteiger partial charge in [-0.05, 0) is 57.2 Å². The number of nitrogens with one attached hydrogen (secondary N) is 2. The average Bonchev–Trinajstić information content (AvgIpc) is 3.53. The monoisotopic (exact) mass is 743 g/mol. The van der Waals surface area contributed by atoms with E-state index in [0.717, 1.165) is 6.07 Å². The first-order valence-corrected chi connectivity index (χ1v) is 17.5. The van der Waals surface area contributed by atoms with Crippen LogP contribution >= 0.6 is 0 Å². The lowest BCUT2D eigenvalue weighted by Gasteiger charge is -2.27. The van der Waals surface area contributed by atoms with Gasteiger partial charge >= 0.3 is 6.18 Å². The predicted octanol–water partition coefficient (Wildman–Crippen LogP) is 5.32. The SMILES string of the molecule is C=CCCCC(=O)NC[C@@]12C[C@@H](C(=O)Nc3nc(C(F)(F)F)ccc3C)N(C(=O)Cn3nc(C(C)=O)c4cc(-c5cnc(C)nc5)nc(CC=C)c43)[C@@H]1C2. The Morgan fingerprint density at radius 2 is 1.80 bits per heavy atom. The molecule has 0 aromatic carbocycles. The number of carbonyl (C=O) groups excluding carboxylic acids is 4. The third kappa shape index (κ3) is 7.63. The van der Waals surface area contributed by atoms with Crippen molar-refractivity contribution >= 4 is 40.2 Å². The van der Waals surface area contributed by atoms with Crippen molar-refractivity contribution in [3.05, 3.63) is 84.4 Å². The Balaban J connectivity index is 1.34. The van der Waals surface area contributed by atoms with Crippen molar-refractivity contribution in [2.24, 2.45) is 5.41 Å². The largest absolute Gasteiger partial charge is 0.433 e. The summed E-state index contributed by atoms with van der Waals surface area (Å²) in [7, 11) is 0. The van der Waals surface area contributed by atoms with E-state index in [-0.39, 0.29) is 55.6 Å². The van der Waals surface area contributed by atoms with E-state index in [9.17, 15) is 32.3 Å². The Labute approximate surface area is 309 Å². The fraction of sp³-hybridized carbons (Fsp3) is 0.395. The minimum Gasteiger partial charge on any atom is -0.355 e. The Kier molecular flexibility index (Phi) is 10.5. The van der Waals surface area contributed by atoms with Crippen molar-refractivity contribution < 1.29 is 32.3 Å². The van der Waals surface area contributed by atoms with E-state index in [2.05, 4.69) is 43.8 Å². The van der Waals surface area contributed by atoms with Crippen molar-refractivity contribution in [2.75, 3.05) is 11.9 Å². The zero-order valence-corrected chi connectivity index (χ0v) is 30.2. The minimum absolute atomic E-state index is 0.113. The maximum Gasteiger partial charge on any atom is 0.433 e. The highest BCUT2D eigenvalue weighted by Crippen LogP contribution is 2.59. The number of likely N-dealkylation sites (tertiary alicyclic amines) is 1. The van der Waals surface area contributed by atoms with Crippen LogP contribution in [0.5, 0.6) is 0 Å². The summed E-state index contributed by atoms with van der Waals surface area (Å²) in [6, 6.07) is 2.19. The Morgan fingerprint density at radius 3 is 2.46 bits per heavy atom. The van der Waals surface area contributed by atoms with Crippen LogP contribution in [0.15, 0.2) is 55.9 Å². The number of aryl methyl sites for hydroxylation is 2. The molecule has 0 bridgehead atoms. The zero-order valence-electron chi connectivity index (χ0n) is 30.2. The Hall–Kier alpha value is -5.80. The molecule has 1 saturated carbocycles. The Morgan fingerprint density at radius 1 is 1.06 bits per heavy atom. The number of unbranched alkanes of at least 4 members (excludes halogenated alkanes) is 1. The van der Waals surface area contributed by atoms with Gasteiger partial charge in [-0.2, -0.15) is 18.3 Å². The third-order valence-corrected chi connectivity index (χ3v) is 9.92. The fourth-order valence-electron chi connectivity index (χ4n) is 7.07. The number of piperidine rings is 1. The van der Waals surface area contributed by atoms with Crippen LogP contribution in [0.4, 0.5) is 19.0 Å². The van der Waals surface area contributed by atoms with Crippen LogP contribution < -0.4 is 10.6 Å². The standard InChI is InChI=1S/C38H40F3N9O4/c1-6-8-9-11-31(52)44-20-37-15-28(36(54)47-35-21(3)12-13-29(46-35)38(39,40)41)50(30(37)16-37)32(53)19-49-34-25(33(48-49)22(4)51)14-27(45-26(34)10-7-2)24-17-42-23(5)43-18-24/h6-7,12-14,17-18,28,30H,1-2,8-11,15-16,19-20H2,3-5H3,(H,44,52)(H,46,47,54)/t28-,30+,37-/m0/s1. The van der Waals surface area contributed by atoms with Crippen molar-refractivity contribution in [1.29, 1.82) is 0 Å². The third-order valence-electron chi connectivity index (χ3n) is 9.92. The van der Waals surface area contributed by atoms with Gasteiger partial charge in [-0.3, -0.25) is 28.8 Å². The van der Waals surface area contributed by atoms with E-state index in [0.29, 0.717) is 58.5 Å². The number of ketones is 1. The van der Waals surface area contributed by atoms with Crippen LogP contribution in [0.25, 0.3) is 22.2 Å². The van der Waals surface area contributed by atoms with Crippen molar-refractivity contribution in [3.8, 4) is 11.3 Å². The number of aromatic nitrogens is 6. The van der Waals surface area contributed by atoms with Crippen LogP contribution in [0.2, 0.25) is 0 Å². The van der Waals surface area contributed by atoms with Crippen LogP contribution in [0.1, 0.15) is 72.3 Å². The maximum absolute atomic E-state index is 14.4. The van der Waals surface area contributed by atoms with Crippen LogP contribution in [-0.2, 0) is 33.5 Å². The summed E-state index contributed by atoms with van der Waals surface area (Å²) in [5.41, 5.74) is 0.654. The fourth-order valence-corrected chi connectivity index (χ4v) is 7.07. The molecule has 0 spiro atoms. The number of hydrogen-bond donors (Lipinski definition) is 2. The lowest BCUT2D eigenvalue weighted by molar-refractivity contribution is -0.141. The molecule has 3 amide bonds. The van der Waals surface area contributed by atoms with Gasteiger partial charge in [0.15, 0.2) is 5.78 Å². The highest BCUT2D eigenvalue weighted by molar-refractivity contribution is 6.06. The van der Waals surface area contributed by atoms with Crippen molar-refractivity contribution in [1.82, 2.24) is 39.9 Å². The van der Waals surface area contributed by atoms with Gasteiger partial charge in [-0.1, -0.05) is 18.2 Å². The van der Waals surface area contributed by atoms with Gasteiger partial charge in [0.05, 0.1) is 16.9 Å². The highest BCUT2D eigenvalue weighted by atomic mass is 19.4. The van der Waals surface area contributed by atoms with Gasteiger partial charge in [0.1, 0.15) is 35.6 Å². The summed E-state index contributed by atoms with van der Waals surface area (Å²) >= 11 is 0. The topological polar surface area (TPSA) is 165 Å². The molecule has 5 heterocycles. The molecule has 1 saturated heterocycles. The number of allylic oxidation sites excluding steroid dienone is 2. The number of halogens is 3. The number of anilines is 1. The molecule has 16 heteroatoms. The van der Waals surface area contributed by atoms with E-state index >= 15 is 0 Å². The van der Waals surface area contributed by atoms with E-state index < -0.39 is 41.2 Å². The summed E-state index contributed by atoms with van der Waals surface area (Å²) in [5, 5.41) is 10.5. The minimum atomic E-state index is -4.74. The number of Topliss-reactive ketones (excluding diaryl/α,β-unsaturated/α-hetero) is 1. The van der Waals surface area contributed by atoms with Crippen LogP contribution in [-0.4, -0.2) is 76.7 Å². The molecule has 4 aromatic rings. The first-order valence-electron chi connectivity index (χ1n) is 17.5. The molecule has 2 fully saturated rings. The molecule has 282 valence electrons. The molecule has 1 aliphatic carbocycles. The van der Waals surface area contributed by atoms with E-state index in [1.54, 1.807) is 37.5 Å². The van der Waals surface area contributed by atoms with Gasteiger partial charge in [-0.15, -0.1) is 13.2 Å². The second kappa shape index (κ2) is 14.9. The number of hydrogen-bond acceptors (Lipinski definition) is 9. The number of alkyl halides is 3. The second-order valence-corrected chi connectivity index (χ2v) is 13.8. The first kappa shape index (κ1) is 37.9. The van der Waals surface area contributed by atoms with Gasteiger partial charge in [0.2, 0.25) is 17.7 Å². The summed E-state index contributed by atoms with van der Waals surface area (Å²) < 4.78 is 42.0. The summed E-state index contributed by atoms with van der Waals surface area (Å²) in [4.78, 5) is 72.3. The van der Waals surface area contributed by atoms with E-state index in [4.69, 9.17) is 4.98 Å². The number of carbonyl (C=O) groups is 4. The molecule has 3 atom stereocenters. The highest BCUT2D eigenvalue weighted by Gasteiger charge is 2.67. The predicted molar refractivity (Wildman–Crippen MR) is 193 cm³/mol. The zero-order chi connectivity index (χ0) is 38.9. The smallest absolute Gasteiger partial charge is 0.355 e. The number of pyridine rings is 2.